The molecule has 0 bridgehead atoms. The Balaban J connectivity index is 1.19. The molecule has 2 aromatic rings. The van der Waals surface area contributed by atoms with Crippen molar-refractivity contribution in [3.63, 3.8) is 0 Å². The molecule has 0 aliphatic heterocycles. The van der Waals surface area contributed by atoms with Crippen LogP contribution in [0.1, 0.15) is 115 Å². The lowest BCUT2D eigenvalue weighted by atomic mass is 9.33. The molecule has 4 fully saturated rings. The van der Waals surface area contributed by atoms with E-state index < -0.39 is 23.3 Å². The number of fused-ring (bicyclic) bond motifs is 7. The number of anilines is 1. The Morgan fingerprint density at radius 1 is 0.898 bits per heavy atom. The van der Waals surface area contributed by atoms with Crippen molar-refractivity contribution in [1.29, 1.82) is 0 Å². The SMILES string of the molecule is C=C(C)[C@@H]1CC[C@]2(NC(=O)C(=O)Nc3nncs3)CC[C@]3(C)[C@H](CC[C@@H]4[C@@]5(C)CC=C(c6ccc(C(=O)O)cc6)C(C)(C)[C@@H]5CC[C@]43C)[C@@H]12. The second-order valence-corrected chi connectivity index (χ2v) is 18.3. The van der Waals surface area contributed by atoms with E-state index in [0.29, 0.717) is 34.4 Å². The lowest BCUT2D eigenvalue weighted by Gasteiger charge is -2.72. The maximum Gasteiger partial charge on any atom is 0.335 e. The number of amides is 2. The Morgan fingerprint density at radius 3 is 2.29 bits per heavy atom. The first kappa shape index (κ1) is 34.1. The number of rotatable bonds is 5. The van der Waals surface area contributed by atoms with Crippen molar-refractivity contribution in [3.05, 3.63) is 59.1 Å². The fourth-order valence-corrected chi connectivity index (χ4v) is 13.4. The fourth-order valence-electron chi connectivity index (χ4n) is 12.9. The van der Waals surface area contributed by atoms with Crippen molar-refractivity contribution in [2.45, 2.75) is 105 Å². The van der Waals surface area contributed by atoms with Crippen molar-refractivity contribution >= 4 is 39.8 Å². The highest BCUT2D eigenvalue weighted by Gasteiger charge is 2.70. The number of allylic oxidation sites excluding steroid dienone is 3. The zero-order valence-corrected chi connectivity index (χ0v) is 30.7. The van der Waals surface area contributed by atoms with E-state index in [-0.39, 0.29) is 27.6 Å². The van der Waals surface area contributed by atoms with Crippen LogP contribution in [0.4, 0.5) is 5.13 Å². The summed E-state index contributed by atoms with van der Waals surface area (Å²) in [5.74, 6) is -0.0857. The van der Waals surface area contributed by atoms with Crippen LogP contribution in [0.2, 0.25) is 0 Å². The number of hydrogen-bond donors (Lipinski definition) is 3. The van der Waals surface area contributed by atoms with Crippen molar-refractivity contribution in [2.75, 3.05) is 5.32 Å². The Bertz CT molecular complexity index is 1720. The van der Waals surface area contributed by atoms with Crippen LogP contribution in [-0.2, 0) is 9.59 Å². The molecule has 0 unspecified atom stereocenters. The summed E-state index contributed by atoms with van der Waals surface area (Å²) < 4.78 is 0. The van der Waals surface area contributed by atoms with E-state index in [2.05, 4.69) is 75.0 Å². The lowest BCUT2D eigenvalue weighted by molar-refractivity contribution is -0.219. The van der Waals surface area contributed by atoms with Gasteiger partial charge in [0, 0.05) is 5.54 Å². The number of carboxylic acids is 1. The highest BCUT2D eigenvalue weighted by Crippen LogP contribution is 2.76. The molecule has 262 valence electrons. The topological polar surface area (TPSA) is 121 Å². The van der Waals surface area contributed by atoms with Crippen molar-refractivity contribution < 1.29 is 19.5 Å². The monoisotopic (exact) mass is 684 g/mol. The van der Waals surface area contributed by atoms with E-state index in [9.17, 15) is 19.5 Å². The molecule has 0 saturated heterocycles. The maximum atomic E-state index is 13.5. The number of benzene rings is 1. The van der Waals surface area contributed by atoms with Crippen LogP contribution in [0, 0.1) is 51.2 Å². The van der Waals surface area contributed by atoms with Gasteiger partial charge in [0.15, 0.2) is 0 Å². The smallest absolute Gasteiger partial charge is 0.335 e. The quantitative estimate of drug-likeness (QED) is 0.215. The first-order chi connectivity index (χ1) is 23.1. The third kappa shape index (κ3) is 4.99. The second kappa shape index (κ2) is 11.6. The zero-order chi connectivity index (χ0) is 35.1. The molecule has 1 heterocycles. The number of nitrogens with zero attached hydrogens (tertiary/aromatic N) is 2. The van der Waals surface area contributed by atoms with Gasteiger partial charge in [-0.05, 0) is 139 Å². The number of aromatic nitrogens is 2. The van der Waals surface area contributed by atoms with Crippen LogP contribution in [-0.4, -0.2) is 38.6 Å². The van der Waals surface area contributed by atoms with Crippen molar-refractivity contribution in [3.8, 4) is 0 Å². The number of hydrogen-bond acceptors (Lipinski definition) is 6. The largest absolute Gasteiger partial charge is 0.478 e. The highest BCUT2D eigenvalue weighted by molar-refractivity contribution is 7.13. The molecule has 0 radical (unpaired) electrons. The predicted octanol–water partition coefficient (Wildman–Crippen LogP) is 8.39. The van der Waals surface area contributed by atoms with E-state index >= 15 is 0 Å². The number of aromatic carboxylic acids is 1. The van der Waals surface area contributed by atoms with Gasteiger partial charge in [0.1, 0.15) is 5.51 Å². The second-order valence-electron chi connectivity index (χ2n) is 17.4. The van der Waals surface area contributed by atoms with E-state index in [1.54, 1.807) is 12.1 Å². The van der Waals surface area contributed by atoms with E-state index in [1.165, 1.54) is 34.4 Å². The van der Waals surface area contributed by atoms with Gasteiger partial charge in [0.25, 0.3) is 0 Å². The standard InChI is InChI=1S/C40H52N4O4S/c1-23(2)26-14-19-40(43-33(46)32(45)42-35-44-41-22-49-35)21-20-38(6)28(31(26)40)12-13-30-37(5)17-15-27(24-8-10-25(11-9-24)34(47)48)36(3,4)29(37)16-18-39(30,38)7/h8-11,15,22,26,28-31H,1,12-14,16-21H2,2-7H3,(H,43,46)(H,47,48)(H,42,44,45)/t26-,28+,29-,30+,31+,37-,38+,39+,40-/m0/s1. The molecule has 7 rings (SSSR count). The van der Waals surface area contributed by atoms with Crippen LogP contribution in [0.15, 0.2) is 48.0 Å². The van der Waals surface area contributed by atoms with Crippen LogP contribution in [0.25, 0.3) is 5.57 Å². The summed E-state index contributed by atoms with van der Waals surface area (Å²) in [5, 5.41) is 23.4. The molecule has 0 spiro atoms. The van der Waals surface area contributed by atoms with Crippen molar-refractivity contribution in [1.82, 2.24) is 15.5 Å². The summed E-state index contributed by atoms with van der Waals surface area (Å²) >= 11 is 1.20. The zero-order valence-electron chi connectivity index (χ0n) is 29.9. The molecule has 1 aromatic carbocycles. The number of carbonyl (C=O) groups excluding carboxylic acids is 2. The molecule has 2 amide bonds. The van der Waals surface area contributed by atoms with Crippen molar-refractivity contribution in [2.24, 2.45) is 51.2 Å². The van der Waals surface area contributed by atoms with Gasteiger partial charge in [-0.2, -0.15) is 0 Å². The van der Waals surface area contributed by atoms with Crippen LogP contribution < -0.4 is 10.6 Å². The summed E-state index contributed by atoms with van der Waals surface area (Å²) in [6.45, 7) is 19.2. The summed E-state index contributed by atoms with van der Waals surface area (Å²) in [6.07, 6.45) is 11.9. The van der Waals surface area contributed by atoms with Gasteiger partial charge in [0.2, 0.25) is 5.13 Å². The minimum absolute atomic E-state index is 0.0470. The van der Waals surface area contributed by atoms with Gasteiger partial charge < -0.3 is 10.4 Å². The maximum absolute atomic E-state index is 13.5. The minimum Gasteiger partial charge on any atom is -0.478 e. The third-order valence-electron chi connectivity index (χ3n) is 15.2. The van der Waals surface area contributed by atoms with Gasteiger partial charge in [-0.25, -0.2) is 4.79 Å². The summed E-state index contributed by atoms with van der Waals surface area (Å²) in [7, 11) is 0. The van der Waals surface area contributed by atoms with Gasteiger partial charge in [-0.15, -0.1) is 10.2 Å². The highest BCUT2D eigenvalue weighted by atomic mass is 32.1. The molecule has 9 heteroatoms. The van der Waals surface area contributed by atoms with E-state index in [0.717, 1.165) is 56.9 Å². The molecule has 5 aliphatic carbocycles. The summed E-state index contributed by atoms with van der Waals surface area (Å²) in [6, 6.07) is 7.46. The number of nitrogens with one attached hydrogen (secondary N) is 2. The van der Waals surface area contributed by atoms with Gasteiger partial charge in [0.05, 0.1) is 5.56 Å². The van der Waals surface area contributed by atoms with E-state index in [1.807, 2.05) is 12.1 Å². The Kier molecular flexibility index (Phi) is 8.09. The molecule has 9 atom stereocenters. The Labute approximate surface area is 294 Å². The molecule has 5 aliphatic rings. The average Bonchev–Trinajstić information content (AvgIpc) is 3.69. The Hall–Kier alpha value is -3.33. The van der Waals surface area contributed by atoms with Crippen LogP contribution in [0.5, 0.6) is 0 Å². The molecule has 3 N–H and O–H groups in total. The predicted molar refractivity (Wildman–Crippen MR) is 193 cm³/mol. The normalized spacial score (nSPS) is 38.9. The van der Waals surface area contributed by atoms with Gasteiger partial charge in [-0.1, -0.05) is 76.3 Å². The summed E-state index contributed by atoms with van der Waals surface area (Å²) in [4.78, 5) is 38.1. The van der Waals surface area contributed by atoms with Gasteiger partial charge in [-0.3, -0.25) is 14.9 Å². The molecular weight excluding hydrogens is 633 g/mol. The minimum atomic E-state index is -0.892. The Morgan fingerprint density at radius 2 is 1.63 bits per heavy atom. The van der Waals surface area contributed by atoms with Gasteiger partial charge >= 0.3 is 17.8 Å². The molecule has 1 aromatic heterocycles. The molecule has 4 saturated carbocycles. The van der Waals surface area contributed by atoms with E-state index in [4.69, 9.17) is 0 Å². The van der Waals surface area contributed by atoms with Crippen LogP contribution in [0.3, 0.4) is 0 Å². The van der Waals surface area contributed by atoms with Crippen LogP contribution >= 0.6 is 11.3 Å². The average molecular weight is 685 g/mol. The first-order valence-corrected chi connectivity index (χ1v) is 19.0. The molecular formula is C40H52N4O4S. The fraction of sp³-hybridized carbons (Fsp3) is 0.625. The lowest BCUT2D eigenvalue weighted by Crippen LogP contribution is -2.68. The third-order valence-corrected chi connectivity index (χ3v) is 15.8. The number of carbonyl (C=O) groups is 3. The molecule has 8 nitrogen and oxygen atoms in total. The molecule has 49 heavy (non-hydrogen) atoms. The summed E-state index contributed by atoms with van der Waals surface area (Å²) in [5.41, 5.74) is 5.44. The first-order valence-electron chi connectivity index (χ1n) is 18.2. The number of carboxylic acid groups (broad SMARTS) is 1.